The van der Waals surface area contributed by atoms with Crippen LogP contribution in [0.5, 0.6) is 0 Å². The summed E-state index contributed by atoms with van der Waals surface area (Å²) in [5.41, 5.74) is 1.04. The third-order valence-corrected chi connectivity index (χ3v) is 2.93. The van der Waals surface area contributed by atoms with Gasteiger partial charge in [0.25, 0.3) is 0 Å². The minimum atomic E-state index is -0.993. The van der Waals surface area contributed by atoms with E-state index in [-0.39, 0.29) is 5.78 Å². The first-order chi connectivity index (χ1) is 7.19. The van der Waals surface area contributed by atoms with Gasteiger partial charge in [0.1, 0.15) is 5.41 Å². The van der Waals surface area contributed by atoms with Crippen molar-refractivity contribution in [2.75, 3.05) is 0 Å². The maximum absolute atomic E-state index is 11.4. The summed E-state index contributed by atoms with van der Waals surface area (Å²) in [6.45, 7) is 6.57. The predicted octanol–water partition coefficient (Wildman–Crippen LogP) is 1.90. The normalized spacial score (nSPS) is 11.6. The molecule has 0 atom stereocenters. The molecule has 1 N–H and O–H groups in total. The Morgan fingerprint density at radius 1 is 1.38 bits per heavy atom. The number of nitrogens with zero attached hydrogens (tertiary/aromatic N) is 1. The fraction of sp³-hybridized carbons (Fsp3) is 0.500. The van der Waals surface area contributed by atoms with Crippen molar-refractivity contribution < 1.29 is 14.7 Å². The number of carbonyl (C=O) groups is 2. The summed E-state index contributed by atoms with van der Waals surface area (Å²) in [6, 6.07) is 1.77. The van der Waals surface area contributed by atoms with E-state index in [0.717, 1.165) is 5.56 Å². The zero-order valence-corrected chi connectivity index (χ0v) is 10.3. The third kappa shape index (κ3) is 1.75. The summed E-state index contributed by atoms with van der Waals surface area (Å²) in [6.07, 6.45) is 0. The van der Waals surface area contributed by atoms with E-state index in [4.69, 9.17) is 5.11 Å². The summed E-state index contributed by atoms with van der Waals surface area (Å²) < 4.78 is 1.67. The maximum Gasteiger partial charge on any atom is 0.315 e. The molecule has 0 spiro atoms. The average molecular weight is 223 g/mol. The largest absolute Gasteiger partial charge is 0.481 e. The van der Waals surface area contributed by atoms with Crippen LogP contribution < -0.4 is 0 Å². The molecule has 0 fully saturated rings. The van der Waals surface area contributed by atoms with Crippen LogP contribution in [0.4, 0.5) is 0 Å². The summed E-state index contributed by atoms with van der Waals surface area (Å²) >= 11 is 0. The molecule has 0 unspecified atom stereocenters. The highest BCUT2D eigenvalue weighted by Crippen LogP contribution is 2.27. The zero-order chi connectivity index (χ0) is 12.7. The van der Waals surface area contributed by atoms with E-state index < -0.39 is 11.4 Å². The number of ketones is 1. The van der Waals surface area contributed by atoms with Crippen LogP contribution in [0.1, 0.15) is 42.5 Å². The lowest BCUT2D eigenvalue weighted by atomic mass is 9.89. The minimum absolute atomic E-state index is 0.0487. The van der Waals surface area contributed by atoms with Gasteiger partial charge in [0.2, 0.25) is 0 Å². The molecule has 0 saturated heterocycles. The number of Topliss-reactive ketones (excluding diaryl/α,β-unsaturated/α-hetero) is 1. The first kappa shape index (κ1) is 12.5. The van der Waals surface area contributed by atoms with Gasteiger partial charge in [0.15, 0.2) is 5.78 Å². The van der Waals surface area contributed by atoms with Gasteiger partial charge < -0.3 is 9.67 Å². The number of carboxylic acid groups (broad SMARTS) is 1. The van der Waals surface area contributed by atoms with Gasteiger partial charge in [-0.3, -0.25) is 9.59 Å². The number of hydrogen-bond acceptors (Lipinski definition) is 2. The Hall–Kier alpha value is -1.58. The van der Waals surface area contributed by atoms with Crippen LogP contribution in [0.25, 0.3) is 0 Å². The Bertz CT molecular complexity index is 455. The summed E-state index contributed by atoms with van der Waals surface area (Å²) in [5, 5.41) is 9.16. The molecule has 88 valence electrons. The second kappa shape index (κ2) is 3.77. The van der Waals surface area contributed by atoms with Crippen molar-refractivity contribution in [2.45, 2.75) is 33.1 Å². The molecule has 1 aromatic heterocycles. The summed E-state index contributed by atoms with van der Waals surface area (Å²) in [5.74, 6) is -0.948. The quantitative estimate of drug-likeness (QED) is 0.796. The van der Waals surface area contributed by atoms with Crippen LogP contribution in [-0.2, 0) is 17.3 Å². The van der Waals surface area contributed by atoms with Crippen LogP contribution in [0.3, 0.4) is 0 Å². The summed E-state index contributed by atoms with van der Waals surface area (Å²) in [7, 11) is 1.73. The lowest BCUT2D eigenvalue weighted by Crippen LogP contribution is -2.31. The predicted molar refractivity (Wildman–Crippen MR) is 60.8 cm³/mol. The van der Waals surface area contributed by atoms with Gasteiger partial charge in [-0.05, 0) is 32.4 Å². The minimum Gasteiger partial charge on any atom is -0.481 e. The maximum atomic E-state index is 11.4. The standard InChI is InChI=1S/C12H17NO3/c1-7-6-9(12(3,4)11(15)16)13(5)10(7)8(2)14/h6H,1-5H3,(H,15,16). The number of carboxylic acids is 1. The van der Waals surface area contributed by atoms with E-state index in [9.17, 15) is 9.59 Å². The monoisotopic (exact) mass is 223 g/mol. The number of aromatic nitrogens is 1. The smallest absolute Gasteiger partial charge is 0.315 e. The second-order valence-corrected chi connectivity index (χ2v) is 4.61. The molecule has 4 heteroatoms. The second-order valence-electron chi connectivity index (χ2n) is 4.61. The molecule has 1 aromatic rings. The molecule has 0 radical (unpaired) electrons. The molecule has 0 bridgehead atoms. The average Bonchev–Trinajstić information content (AvgIpc) is 2.41. The van der Waals surface area contributed by atoms with Crippen molar-refractivity contribution in [3.8, 4) is 0 Å². The molecule has 0 amide bonds. The fourth-order valence-electron chi connectivity index (χ4n) is 1.98. The highest BCUT2D eigenvalue weighted by molar-refractivity contribution is 5.94. The van der Waals surface area contributed by atoms with Gasteiger partial charge in [-0.1, -0.05) is 0 Å². The van der Waals surface area contributed by atoms with Crippen molar-refractivity contribution in [2.24, 2.45) is 7.05 Å². The highest BCUT2D eigenvalue weighted by atomic mass is 16.4. The van der Waals surface area contributed by atoms with E-state index in [2.05, 4.69) is 0 Å². The van der Waals surface area contributed by atoms with E-state index in [1.807, 2.05) is 6.92 Å². The highest BCUT2D eigenvalue weighted by Gasteiger charge is 2.33. The van der Waals surface area contributed by atoms with Gasteiger partial charge >= 0.3 is 5.97 Å². The molecule has 4 nitrogen and oxygen atoms in total. The SMILES string of the molecule is CC(=O)c1c(C)cc(C(C)(C)C(=O)O)n1C. The lowest BCUT2D eigenvalue weighted by molar-refractivity contribution is -0.142. The van der Waals surface area contributed by atoms with Crippen LogP contribution >= 0.6 is 0 Å². The number of aliphatic carboxylic acids is 1. The van der Waals surface area contributed by atoms with Gasteiger partial charge in [0.05, 0.1) is 5.69 Å². The van der Waals surface area contributed by atoms with Gasteiger partial charge in [0, 0.05) is 19.7 Å². The lowest BCUT2D eigenvalue weighted by Gasteiger charge is -2.20. The Morgan fingerprint density at radius 2 is 1.88 bits per heavy atom. The van der Waals surface area contributed by atoms with Crippen LogP contribution in [0.15, 0.2) is 6.07 Å². The van der Waals surface area contributed by atoms with Crippen molar-refractivity contribution in [3.05, 3.63) is 23.0 Å². The summed E-state index contributed by atoms with van der Waals surface area (Å²) in [4.78, 5) is 22.6. The Balaban J connectivity index is 3.44. The first-order valence-electron chi connectivity index (χ1n) is 5.10. The van der Waals surface area contributed by atoms with Gasteiger partial charge in [-0.15, -0.1) is 0 Å². The van der Waals surface area contributed by atoms with E-state index in [0.29, 0.717) is 11.4 Å². The molecular formula is C12H17NO3. The Kier molecular flexibility index (Phi) is 2.95. The molecule has 0 aliphatic carbocycles. The molecule has 1 heterocycles. The molecule has 0 aromatic carbocycles. The number of carbonyl (C=O) groups excluding carboxylic acids is 1. The zero-order valence-electron chi connectivity index (χ0n) is 10.3. The van der Waals surface area contributed by atoms with Crippen molar-refractivity contribution in [1.82, 2.24) is 4.57 Å². The number of rotatable bonds is 3. The van der Waals surface area contributed by atoms with Crippen molar-refractivity contribution >= 4 is 11.8 Å². The number of hydrogen-bond donors (Lipinski definition) is 1. The first-order valence-corrected chi connectivity index (χ1v) is 5.10. The van der Waals surface area contributed by atoms with Crippen LogP contribution in [0.2, 0.25) is 0 Å². The fourth-order valence-corrected chi connectivity index (χ4v) is 1.98. The van der Waals surface area contributed by atoms with E-state index in [1.54, 1.807) is 31.5 Å². The molecule has 0 aliphatic heterocycles. The molecule has 0 aliphatic rings. The topological polar surface area (TPSA) is 59.3 Å². The van der Waals surface area contributed by atoms with E-state index in [1.165, 1.54) is 6.92 Å². The molecule has 1 rings (SSSR count). The Morgan fingerprint density at radius 3 is 2.19 bits per heavy atom. The molecular weight excluding hydrogens is 206 g/mol. The Labute approximate surface area is 94.9 Å². The molecule has 16 heavy (non-hydrogen) atoms. The van der Waals surface area contributed by atoms with Gasteiger partial charge in [-0.2, -0.15) is 0 Å². The van der Waals surface area contributed by atoms with Crippen molar-refractivity contribution in [1.29, 1.82) is 0 Å². The van der Waals surface area contributed by atoms with Crippen LogP contribution in [0, 0.1) is 6.92 Å². The van der Waals surface area contributed by atoms with Gasteiger partial charge in [-0.25, -0.2) is 0 Å². The number of aryl methyl sites for hydroxylation is 1. The third-order valence-electron chi connectivity index (χ3n) is 2.93. The molecule has 0 saturated carbocycles. The van der Waals surface area contributed by atoms with E-state index >= 15 is 0 Å². The van der Waals surface area contributed by atoms with Crippen LogP contribution in [-0.4, -0.2) is 21.4 Å². The van der Waals surface area contributed by atoms with Crippen molar-refractivity contribution in [3.63, 3.8) is 0 Å².